The molecule has 1 heterocycles. The Bertz CT molecular complexity index is 868. The monoisotopic (exact) mass is 459 g/mol. The van der Waals surface area contributed by atoms with Gasteiger partial charge in [0.2, 0.25) is 0 Å². The second-order valence-corrected chi connectivity index (χ2v) is 7.77. The van der Waals surface area contributed by atoms with Crippen LogP contribution in [0.3, 0.4) is 0 Å². The van der Waals surface area contributed by atoms with Gasteiger partial charge < -0.3 is 19.5 Å². The fourth-order valence-corrected chi connectivity index (χ4v) is 3.80. The molecule has 5 nitrogen and oxygen atoms in total. The minimum absolute atomic E-state index is 0.00465. The zero-order valence-corrected chi connectivity index (χ0v) is 18.1. The van der Waals surface area contributed by atoms with E-state index in [1.165, 1.54) is 0 Å². The van der Waals surface area contributed by atoms with Crippen molar-refractivity contribution in [3.8, 4) is 11.5 Å². The summed E-state index contributed by atoms with van der Waals surface area (Å²) >= 11 is 3.44. The molecule has 6 heteroatoms. The normalized spacial score (nSPS) is 16.8. The van der Waals surface area contributed by atoms with E-state index >= 15 is 0 Å². The van der Waals surface area contributed by atoms with Crippen LogP contribution >= 0.6 is 15.9 Å². The van der Waals surface area contributed by atoms with E-state index in [0.717, 1.165) is 29.3 Å². The first-order valence-electron chi connectivity index (χ1n) is 9.89. The first-order valence-corrected chi connectivity index (χ1v) is 10.7. The summed E-state index contributed by atoms with van der Waals surface area (Å²) in [6, 6.07) is 12.5. The highest BCUT2D eigenvalue weighted by Gasteiger charge is 2.29. The van der Waals surface area contributed by atoms with Crippen LogP contribution in [0.4, 0.5) is 0 Å². The Kier molecular flexibility index (Phi) is 7.58. The van der Waals surface area contributed by atoms with Gasteiger partial charge >= 0.3 is 0 Å². The molecule has 3 rings (SSSR count). The molecule has 0 aliphatic carbocycles. The van der Waals surface area contributed by atoms with Crippen LogP contribution in [-0.2, 0) is 4.74 Å². The number of likely N-dealkylation sites (tertiary alicyclic amines) is 1. The van der Waals surface area contributed by atoms with Crippen molar-refractivity contribution in [2.45, 2.75) is 32.2 Å². The van der Waals surface area contributed by atoms with Gasteiger partial charge in [-0.05, 0) is 72.0 Å². The topological polar surface area (TPSA) is 59.0 Å². The number of piperidine rings is 1. The van der Waals surface area contributed by atoms with E-state index in [4.69, 9.17) is 9.47 Å². The van der Waals surface area contributed by atoms with Gasteiger partial charge in [-0.15, -0.1) is 0 Å². The fourth-order valence-electron chi connectivity index (χ4n) is 3.44. The third-order valence-electron chi connectivity index (χ3n) is 4.94. The molecule has 0 radical (unpaired) electrons. The van der Waals surface area contributed by atoms with E-state index in [0.29, 0.717) is 31.1 Å². The molecule has 0 bridgehead atoms. The number of hydrogen-bond donors (Lipinski definition) is 1. The number of phenols is 1. The Hall–Kier alpha value is -2.47. The van der Waals surface area contributed by atoms with Gasteiger partial charge in [-0.3, -0.25) is 4.79 Å². The second-order valence-electron chi connectivity index (χ2n) is 6.92. The van der Waals surface area contributed by atoms with Crippen molar-refractivity contribution in [2.75, 3.05) is 19.8 Å². The third kappa shape index (κ3) is 5.54. The molecule has 0 saturated carbocycles. The smallest absolute Gasteiger partial charge is 0.254 e. The molecule has 1 saturated heterocycles. The van der Waals surface area contributed by atoms with Crippen LogP contribution in [0.5, 0.6) is 11.5 Å². The summed E-state index contributed by atoms with van der Waals surface area (Å²) in [6.45, 7) is 3.59. The number of benzene rings is 2. The van der Waals surface area contributed by atoms with Crippen LogP contribution in [0.1, 0.15) is 42.1 Å². The number of carbonyl (C=O) groups is 1. The third-order valence-corrected chi connectivity index (χ3v) is 5.59. The van der Waals surface area contributed by atoms with Crippen LogP contribution in [-0.4, -0.2) is 41.7 Å². The summed E-state index contributed by atoms with van der Waals surface area (Å²) < 4.78 is 12.0. The number of carbonyl (C=O) groups excluding carboxylic acids is 1. The standard InChI is InChI=1S/C23H26BrNO4/c1-2-28-14-12-17-7-3-4-9-20(17)23(27)25-13-6-5-8-18(25)16-29-22-15-19(26)10-11-21(22)24/h3-4,7,9-12,14-15,18,26H,2,5-6,8,13,16H2,1H3/b14-12+/t18-/m0/s1. The van der Waals surface area contributed by atoms with E-state index in [1.807, 2.05) is 42.2 Å². The van der Waals surface area contributed by atoms with Crippen LogP contribution in [0.25, 0.3) is 6.08 Å². The quantitative estimate of drug-likeness (QED) is 0.575. The number of aromatic hydroxyl groups is 1. The zero-order chi connectivity index (χ0) is 20.6. The second kappa shape index (κ2) is 10.3. The van der Waals surface area contributed by atoms with Crippen molar-refractivity contribution in [3.63, 3.8) is 0 Å². The molecule has 2 aromatic carbocycles. The molecule has 29 heavy (non-hydrogen) atoms. The molecule has 2 aromatic rings. The van der Waals surface area contributed by atoms with Crippen molar-refractivity contribution in [2.24, 2.45) is 0 Å². The lowest BCUT2D eigenvalue weighted by molar-refractivity contribution is 0.0527. The van der Waals surface area contributed by atoms with Crippen molar-refractivity contribution < 1.29 is 19.4 Å². The Labute approximate surface area is 180 Å². The zero-order valence-electron chi connectivity index (χ0n) is 16.5. The van der Waals surface area contributed by atoms with Crippen molar-refractivity contribution in [1.82, 2.24) is 4.90 Å². The lowest BCUT2D eigenvalue weighted by Gasteiger charge is -2.36. The number of halogens is 1. The molecule has 0 spiro atoms. The van der Waals surface area contributed by atoms with Crippen molar-refractivity contribution in [1.29, 1.82) is 0 Å². The summed E-state index contributed by atoms with van der Waals surface area (Å²) in [6.07, 6.45) is 6.39. The van der Waals surface area contributed by atoms with Gasteiger partial charge in [-0.25, -0.2) is 0 Å². The highest BCUT2D eigenvalue weighted by Crippen LogP contribution is 2.30. The lowest BCUT2D eigenvalue weighted by Crippen LogP contribution is -2.46. The SMILES string of the molecule is CCO/C=C/c1ccccc1C(=O)N1CCCC[C@H]1COc1cc(O)ccc1Br. The van der Waals surface area contributed by atoms with E-state index in [2.05, 4.69) is 15.9 Å². The van der Waals surface area contributed by atoms with Gasteiger partial charge in [0.15, 0.2) is 0 Å². The van der Waals surface area contributed by atoms with Gasteiger partial charge in [0.25, 0.3) is 5.91 Å². The molecule has 1 aliphatic rings. The number of hydrogen-bond acceptors (Lipinski definition) is 4. The number of nitrogens with zero attached hydrogens (tertiary/aromatic N) is 1. The van der Waals surface area contributed by atoms with Gasteiger partial charge in [0.1, 0.15) is 18.1 Å². The largest absolute Gasteiger partial charge is 0.508 e. The fraction of sp³-hybridized carbons (Fsp3) is 0.348. The Morgan fingerprint density at radius 1 is 1.28 bits per heavy atom. The molecular formula is C23H26BrNO4. The highest BCUT2D eigenvalue weighted by molar-refractivity contribution is 9.10. The number of rotatable bonds is 7. The van der Waals surface area contributed by atoms with E-state index in [9.17, 15) is 9.90 Å². The molecule has 154 valence electrons. The number of amides is 1. The summed E-state index contributed by atoms with van der Waals surface area (Å²) in [7, 11) is 0. The van der Waals surface area contributed by atoms with E-state index in [-0.39, 0.29) is 17.7 Å². The maximum Gasteiger partial charge on any atom is 0.254 e. The highest BCUT2D eigenvalue weighted by atomic mass is 79.9. The summed E-state index contributed by atoms with van der Waals surface area (Å²) in [4.78, 5) is 15.3. The average Bonchev–Trinajstić information content (AvgIpc) is 2.74. The van der Waals surface area contributed by atoms with Crippen molar-refractivity contribution >= 4 is 27.9 Å². The van der Waals surface area contributed by atoms with Crippen LogP contribution < -0.4 is 4.74 Å². The molecule has 1 aliphatic heterocycles. The molecule has 0 unspecified atom stereocenters. The van der Waals surface area contributed by atoms with Crippen molar-refractivity contribution in [3.05, 3.63) is 64.3 Å². The van der Waals surface area contributed by atoms with Crippen LogP contribution in [0, 0.1) is 0 Å². The van der Waals surface area contributed by atoms with Gasteiger partial charge in [-0.1, -0.05) is 18.2 Å². The lowest BCUT2D eigenvalue weighted by atomic mass is 9.99. The van der Waals surface area contributed by atoms with E-state index in [1.54, 1.807) is 24.5 Å². The molecule has 1 atom stereocenters. The Morgan fingerprint density at radius 3 is 2.93 bits per heavy atom. The maximum atomic E-state index is 13.3. The number of phenolic OH excluding ortho intramolecular Hbond substituents is 1. The molecular weight excluding hydrogens is 434 g/mol. The summed E-state index contributed by atoms with van der Waals surface area (Å²) in [5.41, 5.74) is 1.50. The molecule has 0 aromatic heterocycles. The minimum atomic E-state index is -0.0190. The maximum absolute atomic E-state index is 13.3. The Morgan fingerprint density at radius 2 is 2.10 bits per heavy atom. The Balaban J connectivity index is 1.76. The number of ether oxygens (including phenoxy) is 2. The van der Waals surface area contributed by atoms with Crippen LogP contribution in [0.2, 0.25) is 0 Å². The first-order chi connectivity index (χ1) is 14.1. The molecule has 1 amide bonds. The molecule has 1 N–H and O–H groups in total. The first kappa shape index (κ1) is 21.2. The molecule has 1 fully saturated rings. The predicted octanol–water partition coefficient (Wildman–Crippen LogP) is 5.24. The average molecular weight is 460 g/mol. The predicted molar refractivity (Wildman–Crippen MR) is 117 cm³/mol. The van der Waals surface area contributed by atoms with Gasteiger partial charge in [0.05, 0.1) is 23.4 Å². The minimum Gasteiger partial charge on any atom is -0.508 e. The van der Waals surface area contributed by atoms with E-state index < -0.39 is 0 Å². The summed E-state index contributed by atoms with van der Waals surface area (Å²) in [5, 5.41) is 9.70. The van der Waals surface area contributed by atoms with Crippen LogP contribution in [0.15, 0.2) is 53.2 Å². The summed E-state index contributed by atoms with van der Waals surface area (Å²) in [5.74, 6) is 0.725. The van der Waals surface area contributed by atoms with Gasteiger partial charge in [0, 0.05) is 18.2 Å². The van der Waals surface area contributed by atoms with Gasteiger partial charge in [-0.2, -0.15) is 0 Å².